The van der Waals surface area contributed by atoms with Crippen LogP contribution in [0.25, 0.3) is 10.8 Å². The molecule has 1 aromatic carbocycles. The first-order chi connectivity index (χ1) is 13.8. The second-order valence-corrected chi connectivity index (χ2v) is 7.54. The largest absolute Gasteiger partial charge is 0.352 e. The second-order valence-electron chi connectivity index (χ2n) is 7.54. The summed E-state index contributed by atoms with van der Waals surface area (Å²) in [5.41, 5.74) is 3.04. The Labute approximate surface area is 164 Å². The Morgan fingerprint density at radius 2 is 1.75 bits per heavy atom. The molecule has 0 radical (unpaired) electrons. The number of carbonyl (C=O) groups is 1. The number of benzene rings is 1. The first-order valence-corrected chi connectivity index (χ1v) is 10.0. The van der Waals surface area contributed by atoms with Crippen molar-refractivity contribution in [2.24, 2.45) is 0 Å². The van der Waals surface area contributed by atoms with Gasteiger partial charge in [0.25, 0.3) is 5.91 Å². The number of nitrogens with zero attached hydrogens (tertiary/aromatic N) is 5. The van der Waals surface area contributed by atoms with Gasteiger partial charge in [-0.25, -0.2) is 0 Å². The van der Waals surface area contributed by atoms with E-state index in [1.165, 1.54) is 18.4 Å². The molecule has 0 atom stereocenters. The zero-order chi connectivity index (χ0) is 18.9. The molecule has 2 aliphatic rings. The normalized spacial score (nSPS) is 16.9. The smallest absolute Gasteiger partial charge is 0.273 e. The van der Waals surface area contributed by atoms with Gasteiger partial charge in [0.05, 0.1) is 5.69 Å². The minimum Gasteiger partial charge on any atom is -0.352 e. The van der Waals surface area contributed by atoms with Crippen molar-refractivity contribution >= 4 is 22.5 Å². The molecule has 5 rings (SSSR count). The van der Waals surface area contributed by atoms with E-state index in [9.17, 15) is 4.79 Å². The third kappa shape index (κ3) is 3.09. The van der Waals surface area contributed by atoms with Crippen molar-refractivity contribution in [3.63, 3.8) is 0 Å². The molecule has 0 N–H and O–H groups in total. The van der Waals surface area contributed by atoms with E-state index in [0.717, 1.165) is 48.2 Å². The highest BCUT2D eigenvalue weighted by Crippen LogP contribution is 2.24. The first kappa shape index (κ1) is 17.1. The van der Waals surface area contributed by atoms with Crippen LogP contribution in [0.1, 0.15) is 34.6 Å². The summed E-state index contributed by atoms with van der Waals surface area (Å²) >= 11 is 0. The molecule has 1 amide bonds. The number of piperazine rings is 1. The van der Waals surface area contributed by atoms with Crippen LogP contribution >= 0.6 is 0 Å². The number of aryl methyl sites for hydroxylation is 2. The van der Waals surface area contributed by atoms with E-state index < -0.39 is 0 Å². The van der Waals surface area contributed by atoms with Gasteiger partial charge < -0.3 is 9.80 Å². The molecule has 1 saturated heterocycles. The fourth-order valence-electron chi connectivity index (χ4n) is 4.21. The quantitative estimate of drug-likeness (QED) is 0.691. The molecule has 3 heterocycles. The molecule has 2 aromatic heterocycles. The van der Waals surface area contributed by atoms with Crippen LogP contribution in [-0.2, 0) is 12.8 Å². The minimum absolute atomic E-state index is 0.00738. The highest BCUT2D eigenvalue weighted by molar-refractivity contribution is 6.05. The van der Waals surface area contributed by atoms with Crippen LogP contribution in [0.3, 0.4) is 0 Å². The molecule has 3 aromatic rings. The van der Waals surface area contributed by atoms with Crippen molar-refractivity contribution in [1.82, 2.24) is 20.1 Å². The lowest BCUT2D eigenvalue weighted by molar-refractivity contribution is 0.0743. The predicted octanol–water partition coefficient (Wildman–Crippen LogP) is 2.87. The fourth-order valence-corrected chi connectivity index (χ4v) is 4.21. The van der Waals surface area contributed by atoms with Gasteiger partial charge in [0.1, 0.15) is 5.69 Å². The van der Waals surface area contributed by atoms with Gasteiger partial charge in [-0.15, -0.1) is 5.10 Å². The third-order valence-corrected chi connectivity index (χ3v) is 5.82. The van der Waals surface area contributed by atoms with E-state index in [4.69, 9.17) is 0 Å². The van der Waals surface area contributed by atoms with Crippen LogP contribution in [0.2, 0.25) is 0 Å². The Balaban J connectivity index is 1.31. The van der Waals surface area contributed by atoms with Gasteiger partial charge in [0.15, 0.2) is 5.82 Å². The van der Waals surface area contributed by atoms with E-state index in [2.05, 4.69) is 26.1 Å². The number of hydrogen-bond donors (Lipinski definition) is 0. The summed E-state index contributed by atoms with van der Waals surface area (Å²) in [6.45, 7) is 2.87. The summed E-state index contributed by atoms with van der Waals surface area (Å²) in [5, 5.41) is 10.9. The monoisotopic (exact) mass is 373 g/mol. The summed E-state index contributed by atoms with van der Waals surface area (Å²) in [6, 6.07) is 12.1. The van der Waals surface area contributed by atoms with Gasteiger partial charge >= 0.3 is 0 Å². The minimum atomic E-state index is 0.00738. The van der Waals surface area contributed by atoms with Gasteiger partial charge in [-0.1, -0.05) is 24.3 Å². The summed E-state index contributed by atoms with van der Waals surface area (Å²) in [5.74, 6) is 0.948. The van der Waals surface area contributed by atoms with Gasteiger partial charge in [-0.2, -0.15) is 5.10 Å². The van der Waals surface area contributed by atoms with Gasteiger partial charge in [0, 0.05) is 37.8 Å². The summed E-state index contributed by atoms with van der Waals surface area (Å²) in [7, 11) is 0. The maximum absolute atomic E-state index is 13.1. The number of hydrogen-bond acceptors (Lipinski definition) is 5. The molecule has 0 bridgehead atoms. The van der Waals surface area contributed by atoms with Crippen molar-refractivity contribution in [2.45, 2.75) is 25.7 Å². The molecular formula is C22H23N5O. The van der Waals surface area contributed by atoms with Crippen molar-refractivity contribution in [3.05, 3.63) is 59.5 Å². The maximum atomic E-state index is 13.1. The van der Waals surface area contributed by atoms with E-state index >= 15 is 0 Å². The van der Waals surface area contributed by atoms with E-state index in [-0.39, 0.29) is 5.91 Å². The Bertz CT molecular complexity index is 1020. The van der Waals surface area contributed by atoms with Crippen LogP contribution in [0, 0.1) is 0 Å². The predicted molar refractivity (Wildman–Crippen MR) is 109 cm³/mol. The Hall–Kier alpha value is -3.02. The highest BCUT2D eigenvalue weighted by Gasteiger charge is 2.25. The number of aromatic nitrogens is 3. The number of anilines is 1. The zero-order valence-corrected chi connectivity index (χ0v) is 15.8. The van der Waals surface area contributed by atoms with Crippen LogP contribution in [-0.4, -0.2) is 52.2 Å². The molecule has 6 heteroatoms. The lowest BCUT2D eigenvalue weighted by Gasteiger charge is -2.35. The average molecular weight is 373 g/mol. The lowest BCUT2D eigenvalue weighted by Crippen LogP contribution is -2.49. The number of amides is 1. The molecule has 6 nitrogen and oxygen atoms in total. The molecule has 142 valence electrons. The number of carbonyl (C=O) groups excluding carboxylic acids is 1. The molecule has 0 unspecified atom stereocenters. The fraction of sp³-hybridized carbons (Fsp3) is 0.364. The Morgan fingerprint density at radius 1 is 0.929 bits per heavy atom. The standard InChI is InChI=1S/C22H23N5O/c28-22(21-18-7-3-1-5-16(18)9-10-23-21)27-13-11-26(12-14-27)20-15-17-6-2-4-8-19(17)24-25-20/h1,3,5,7,9-10,15H,2,4,6,8,11-14H2. The highest BCUT2D eigenvalue weighted by atomic mass is 16.2. The van der Waals surface area contributed by atoms with Crippen molar-refractivity contribution in [1.29, 1.82) is 0 Å². The Kier molecular flexibility index (Phi) is 4.39. The molecule has 1 aliphatic carbocycles. The molecule has 1 fully saturated rings. The van der Waals surface area contributed by atoms with Gasteiger partial charge in [-0.3, -0.25) is 9.78 Å². The van der Waals surface area contributed by atoms with Crippen LogP contribution in [0.5, 0.6) is 0 Å². The van der Waals surface area contributed by atoms with E-state index in [0.29, 0.717) is 18.8 Å². The summed E-state index contributed by atoms with van der Waals surface area (Å²) in [4.78, 5) is 21.6. The molecule has 0 saturated carbocycles. The van der Waals surface area contributed by atoms with Crippen LogP contribution < -0.4 is 4.90 Å². The molecule has 28 heavy (non-hydrogen) atoms. The summed E-state index contributed by atoms with van der Waals surface area (Å²) in [6.07, 6.45) is 6.31. The maximum Gasteiger partial charge on any atom is 0.273 e. The van der Waals surface area contributed by atoms with E-state index in [1.54, 1.807) is 6.20 Å². The molecule has 0 spiro atoms. The number of pyridine rings is 1. The van der Waals surface area contributed by atoms with Crippen LogP contribution in [0.15, 0.2) is 42.6 Å². The van der Waals surface area contributed by atoms with Gasteiger partial charge in [0.2, 0.25) is 0 Å². The lowest BCUT2D eigenvalue weighted by atomic mass is 9.97. The number of rotatable bonds is 2. The molecular weight excluding hydrogens is 350 g/mol. The van der Waals surface area contributed by atoms with Crippen LogP contribution in [0.4, 0.5) is 5.82 Å². The zero-order valence-electron chi connectivity index (χ0n) is 15.8. The number of fused-ring (bicyclic) bond motifs is 2. The van der Waals surface area contributed by atoms with Gasteiger partial charge in [-0.05, 0) is 48.8 Å². The third-order valence-electron chi connectivity index (χ3n) is 5.82. The van der Waals surface area contributed by atoms with Crippen molar-refractivity contribution in [2.75, 3.05) is 31.1 Å². The van der Waals surface area contributed by atoms with Crippen molar-refractivity contribution < 1.29 is 4.79 Å². The topological polar surface area (TPSA) is 62.2 Å². The van der Waals surface area contributed by atoms with Crippen molar-refractivity contribution in [3.8, 4) is 0 Å². The second kappa shape index (κ2) is 7.19. The van der Waals surface area contributed by atoms with E-state index in [1.807, 2.05) is 35.2 Å². The first-order valence-electron chi connectivity index (χ1n) is 10.0. The SMILES string of the molecule is O=C(c1nccc2ccccc12)N1CCN(c2cc3c(nn2)CCCC3)CC1. The summed E-state index contributed by atoms with van der Waals surface area (Å²) < 4.78 is 0. The average Bonchev–Trinajstić information content (AvgIpc) is 2.78. The Morgan fingerprint density at radius 3 is 2.64 bits per heavy atom. The molecule has 1 aliphatic heterocycles.